The van der Waals surface area contributed by atoms with Gasteiger partial charge in [0, 0.05) is 7.11 Å². The number of ether oxygens (including phenoxy) is 1. The van der Waals surface area contributed by atoms with Crippen LogP contribution in [0.3, 0.4) is 0 Å². The van der Waals surface area contributed by atoms with Crippen LogP contribution in [0.5, 0.6) is 0 Å². The van der Waals surface area contributed by atoms with Crippen LogP contribution in [-0.4, -0.2) is 27.6 Å². The van der Waals surface area contributed by atoms with Crippen molar-refractivity contribution in [1.29, 1.82) is 0 Å². The molecule has 0 saturated heterocycles. The predicted molar refractivity (Wildman–Crippen MR) is 91.7 cm³/mol. The van der Waals surface area contributed by atoms with Crippen LogP contribution in [0, 0.1) is 0 Å². The first-order chi connectivity index (χ1) is 9.05. The van der Waals surface area contributed by atoms with Crippen LogP contribution in [0.1, 0.15) is 47.5 Å². The van der Waals surface area contributed by atoms with E-state index in [4.69, 9.17) is 9.16 Å². The smallest absolute Gasteiger partial charge is 0.192 e. The third-order valence-corrected chi connectivity index (χ3v) is 8.63. The summed E-state index contributed by atoms with van der Waals surface area (Å²) in [6, 6.07) is 0. The first kappa shape index (κ1) is 19.6. The average molecular weight is 299 g/mol. The lowest BCUT2D eigenvalue weighted by Crippen LogP contribution is -2.47. The zero-order valence-electron chi connectivity index (χ0n) is 14.7. The van der Waals surface area contributed by atoms with Crippen LogP contribution in [0.15, 0.2) is 24.3 Å². The van der Waals surface area contributed by atoms with E-state index in [1.165, 1.54) is 5.57 Å². The normalized spacial score (nSPS) is 15.6. The van der Waals surface area contributed by atoms with Crippen molar-refractivity contribution in [2.45, 2.75) is 77.8 Å². The molecule has 0 unspecified atom stereocenters. The molecule has 0 spiro atoms. The minimum absolute atomic E-state index is 0.0917. The summed E-state index contributed by atoms with van der Waals surface area (Å²) in [4.78, 5) is 0. The number of allylic oxidation sites excluding steroid dienone is 1. The third-order valence-electron chi connectivity index (χ3n) is 4.13. The molecule has 118 valence electrons. The maximum atomic E-state index is 6.54. The van der Waals surface area contributed by atoms with Gasteiger partial charge in [0.05, 0.1) is 12.2 Å². The average Bonchev–Trinajstić information content (AvgIpc) is 2.27. The lowest BCUT2D eigenvalue weighted by Gasteiger charge is -2.41. The van der Waals surface area contributed by atoms with Gasteiger partial charge in [-0.15, -0.1) is 6.58 Å². The van der Waals surface area contributed by atoms with E-state index in [-0.39, 0.29) is 17.2 Å². The van der Waals surface area contributed by atoms with Gasteiger partial charge in [0.15, 0.2) is 8.32 Å². The Morgan fingerprint density at radius 1 is 1.15 bits per heavy atom. The highest BCUT2D eigenvalue weighted by molar-refractivity contribution is 6.74. The second kappa shape index (κ2) is 8.16. The molecule has 0 aromatic carbocycles. The van der Waals surface area contributed by atoms with Gasteiger partial charge in [-0.25, -0.2) is 0 Å². The Hall–Kier alpha value is -0.383. The van der Waals surface area contributed by atoms with Gasteiger partial charge < -0.3 is 9.16 Å². The van der Waals surface area contributed by atoms with E-state index in [1.54, 1.807) is 7.11 Å². The number of hydrogen-bond acceptors (Lipinski definition) is 2. The van der Waals surface area contributed by atoms with Crippen LogP contribution in [0.25, 0.3) is 0 Å². The fourth-order valence-corrected chi connectivity index (χ4v) is 3.11. The molecule has 20 heavy (non-hydrogen) atoms. The second-order valence-corrected chi connectivity index (χ2v) is 12.0. The zero-order chi connectivity index (χ0) is 16.0. The molecule has 0 heterocycles. The summed E-state index contributed by atoms with van der Waals surface area (Å²) in [7, 11) is -0.0165. The largest absolute Gasteiger partial charge is 0.411 e. The minimum Gasteiger partial charge on any atom is -0.411 e. The third kappa shape index (κ3) is 6.38. The molecule has 0 rings (SSSR count). The summed E-state index contributed by atoms with van der Waals surface area (Å²) in [6.45, 7) is 19.5. The summed E-state index contributed by atoms with van der Waals surface area (Å²) < 4.78 is 12.2. The standard InChI is InChI=1S/C17H34O2Si/c1-10-11-16(15(18-7)13-12-14(2)3)19-20(8,9)17(4,5)6/h10,12,15-16H,1,11,13H2,2-9H3/t15-,16-/m0/s1. The lowest BCUT2D eigenvalue weighted by molar-refractivity contribution is -0.00113. The minimum atomic E-state index is -1.79. The summed E-state index contributed by atoms with van der Waals surface area (Å²) in [5.41, 5.74) is 1.32. The van der Waals surface area contributed by atoms with Crippen LogP contribution in [0.4, 0.5) is 0 Å². The van der Waals surface area contributed by atoms with Crippen molar-refractivity contribution < 1.29 is 9.16 Å². The zero-order valence-corrected chi connectivity index (χ0v) is 15.7. The fourth-order valence-electron chi connectivity index (χ4n) is 1.75. The molecule has 0 bridgehead atoms. The van der Waals surface area contributed by atoms with E-state index >= 15 is 0 Å². The topological polar surface area (TPSA) is 18.5 Å². The number of methoxy groups -OCH3 is 1. The molecule has 0 radical (unpaired) electrons. The van der Waals surface area contributed by atoms with E-state index < -0.39 is 8.32 Å². The summed E-state index contributed by atoms with van der Waals surface area (Å²) in [5, 5.41) is 0.210. The van der Waals surface area contributed by atoms with Crippen LogP contribution >= 0.6 is 0 Å². The van der Waals surface area contributed by atoms with Crippen molar-refractivity contribution in [3.63, 3.8) is 0 Å². The van der Waals surface area contributed by atoms with E-state index in [0.717, 1.165) is 12.8 Å². The molecule has 0 saturated carbocycles. The van der Waals surface area contributed by atoms with Crippen molar-refractivity contribution in [3.8, 4) is 0 Å². The van der Waals surface area contributed by atoms with Crippen molar-refractivity contribution in [2.75, 3.05) is 7.11 Å². The van der Waals surface area contributed by atoms with Gasteiger partial charge in [-0.05, 0) is 44.8 Å². The second-order valence-electron chi connectivity index (χ2n) is 7.23. The molecule has 0 N–H and O–H groups in total. The highest BCUT2D eigenvalue weighted by atomic mass is 28.4. The SMILES string of the molecule is C=CC[C@H](O[Si](C)(C)C(C)(C)C)[C@H](CC=C(C)C)OC. The molecule has 0 aromatic heterocycles. The summed E-state index contributed by atoms with van der Waals surface area (Å²) in [6.07, 6.45) is 6.07. The lowest BCUT2D eigenvalue weighted by atomic mass is 10.1. The molecule has 0 aliphatic heterocycles. The van der Waals surface area contributed by atoms with Gasteiger partial charge in [-0.1, -0.05) is 38.5 Å². The fraction of sp³-hybridized carbons (Fsp3) is 0.765. The first-order valence-corrected chi connectivity index (χ1v) is 10.4. The van der Waals surface area contributed by atoms with Crippen molar-refractivity contribution in [2.24, 2.45) is 0 Å². The molecule has 0 aromatic rings. The Balaban J connectivity index is 5.02. The van der Waals surface area contributed by atoms with Gasteiger partial charge in [0.2, 0.25) is 0 Å². The van der Waals surface area contributed by atoms with Gasteiger partial charge in [-0.3, -0.25) is 0 Å². The Morgan fingerprint density at radius 2 is 1.70 bits per heavy atom. The molecular formula is C17H34O2Si. The molecule has 2 nitrogen and oxygen atoms in total. The highest BCUT2D eigenvalue weighted by Crippen LogP contribution is 2.38. The molecule has 0 fully saturated rings. The molecule has 0 aliphatic carbocycles. The maximum absolute atomic E-state index is 6.54. The molecular weight excluding hydrogens is 264 g/mol. The summed E-state index contributed by atoms with van der Waals surface area (Å²) >= 11 is 0. The highest BCUT2D eigenvalue weighted by Gasteiger charge is 2.40. The van der Waals surface area contributed by atoms with Crippen LogP contribution < -0.4 is 0 Å². The molecule has 0 amide bonds. The number of hydrogen-bond donors (Lipinski definition) is 0. The van der Waals surface area contributed by atoms with Crippen molar-refractivity contribution >= 4 is 8.32 Å². The molecule has 3 heteroatoms. The van der Waals surface area contributed by atoms with Gasteiger partial charge >= 0.3 is 0 Å². The first-order valence-electron chi connectivity index (χ1n) is 7.50. The van der Waals surface area contributed by atoms with E-state index in [2.05, 4.69) is 60.4 Å². The van der Waals surface area contributed by atoms with Crippen molar-refractivity contribution in [3.05, 3.63) is 24.3 Å². The monoisotopic (exact) mass is 298 g/mol. The number of rotatable bonds is 8. The van der Waals surface area contributed by atoms with E-state index in [9.17, 15) is 0 Å². The Labute approximate surface area is 127 Å². The maximum Gasteiger partial charge on any atom is 0.192 e. The van der Waals surface area contributed by atoms with Crippen LogP contribution in [0.2, 0.25) is 18.1 Å². The van der Waals surface area contributed by atoms with Gasteiger partial charge in [0.1, 0.15) is 0 Å². The quantitative estimate of drug-likeness (QED) is 0.446. The van der Waals surface area contributed by atoms with E-state index in [1.807, 2.05) is 6.08 Å². The van der Waals surface area contributed by atoms with E-state index in [0.29, 0.717) is 0 Å². The van der Waals surface area contributed by atoms with Gasteiger partial charge in [-0.2, -0.15) is 0 Å². The van der Waals surface area contributed by atoms with Gasteiger partial charge in [0.25, 0.3) is 0 Å². The predicted octanol–water partition coefficient (Wildman–Crippen LogP) is 5.32. The Morgan fingerprint density at radius 3 is 2.05 bits per heavy atom. The Kier molecular flexibility index (Phi) is 8.00. The summed E-state index contributed by atoms with van der Waals surface area (Å²) in [5.74, 6) is 0. The van der Waals surface area contributed by atoms with Crippen molar-refractivity contribution in [1.82, 2.24) is 0 Å². The van der Waals surface area contributed by atoms with Crippen LogP contribution in [-0.2, 0) is 9.16 Å². The molecule has 2 atom stereocenters. The Bertz CT molecular complexity index is 322. The molecule has 0 aliphatic rings.